The average molecular weight is 277 g/mol. The molecule has 0 bridgehead atoms. The molecule has 0 spiro atoms. The molecule has 1 aliphatic carbocycles. The minimum absolute atomic E-state index is 0.190. The largest absolute Gasteiger partial charge is 0.363 e. The predicted molar refractivity (Wildman–Crippen MR) is 80.9 cm³/mol. The molecule has 2 N–H and O–H groups in total. The highest BCUT2D eigenvalue weighted by Crippen LogP contribution is 2.35. The van der Waals surface area contributed by atoms with E-state index in [4.69, 9.17) is 5.73 Å². The topological polar surface area (TPSA) is 72.4 Å². The summed E-state index contributed by atoms with van der Waals surface area (Å²) in [4.78, 5) is 13.1. The van der Waals surface area contributed by atoms with E-state index in [9.17, 15) is 10.1 Å². The Hall–Kier alpha value is -1.62. The fraction of sp³-hybridized carbons (Fsp3) is 0.600. The van der Waals surface area contributed by atoms with Crippen molar-refractivity contribution in [2.45, 2.75) is 38.6 Å². The van der Waals surface area contributed by atoms with Crippen LogP contribution in [0.1, 0.15) is 32.6 Å². The molecule has 0 aliphatic heterocycles. The van der Waals surface area contributed by atoms with Gasteiger partial charge in [0.1, 0.15) is 5.69 Å². The third kappa shape index (κ3) is 2.93. The summed E-state index contributed by atoms with van der Waals surface area (Å²) in [6, 6.07) is 7.34. The second-order valence-electron chi connectivity index (χ2n) is 5.38. The van der Waals surface area contributed by atoms with Gasteiger partial charge in [-0.05, 0) is 38.3 Å². The summed E-state index contributed by atoms with van der Waals surface area (Å²) in [7, 11) is 0. The van der Waals surface area contributed by atoms with E-state index in [-0.39, 0.29) is 10.6 Å². The molecular formula is C15H23N3O2. The van der Waals surface area contributed by atoms with Crippen molar-refractivity contribution in [3.05, 3.63) is 34.4 Å². The Balaban J connectivity index is 2.34. The third-order valence-electron chi connectivity index (χ3n) is 4.30. The van der Waals surface area contributed by atoms with Crippen LogP contribution in [0.15, 0.2) is 24.3 Å². The highest BCUT2D eigenvalue weighted by Gasteiger charge is 2.31. The minimum atomic E-state index is -0.293. The molecule has 1 fully saturated rings. The van der Waals surface area contributed by atoms with Gasteiger partial charge in [-0.3, -0.25) is 10.1 Å². The smallest absolute Gasteiger partial charge is 0.292 e. The van der Waals surface area contributed by atoms with Gasteiger partial charge in [0.25, 0.3) is 5.69 Å². The molecule has 20 heavy (non-hydrogen) atoms. The number of nitrogens with zero attached hydrogens (tertiary/aromatic N) is 2. The van der Waals surface area contributed by atoms with Gasteiger partial charge in [0, 0.05) is 18.7 Å². The quantitative estimate of drug-likeness (QED) is 0.663. The van der Waals surface area contributed by atoms with Crippen LogP contribution in [-0.4, -0.2) is 24.1 Å². The van der Waals surface area contributed by atoms with Crippen molar-refractivity contribution in [3.8, 4) is 0 Å². The van der Waals surface area contributed by atoms with E-state index < -0.39 is 0 Å². The van der Waals surface area contributed by atoms with Crippen LogP contribution in [0.3, 0.4) is 0 Å². The maximum atomic E-state index is 11.2. The first-order valence-electron chi connectivity index (χ1n) is 7.39. The van der Waals surface area contributed by atoms with Crippen LogP contribution < -0.4 is 10.6 Å². The van der Waals surface area contributed by atoms with E-state index >= 15 is 0 Å². The number of rotatable bonds is 5. The zero-order valence-corrected chi connectivity index (χ0v) is 12.0. The maximum Gasteiger partial charge on any atom is 0.292 e. The van der Waals surface area contributed by atoms with Gasteiger partial charge in [0.15, 0.2) is 0 Å². The van der Waals surface area contributed by atoms with Crippen LogP contribution in [0.4, 0.5) is 11.4 Å². The van der Waals surface area contributed by atoms with E-state index in [1.54, 1.807) is 12.1 Å². The predicted octanol–water partition coefficient (Wildman–Crippen LogP) is 2.94. The standard InChI is InChI=1S/C15H23N3O2/c1-2-17(13-8-4-3-7-12(13)11-16)14-9-5-6-10-15(14)18(19)20/h5-6,9-10,12-13H,2-4,7-8,11,16H2,1H3. The first-order valence-corrected chi connectivity index (χ1v) is 7.39. The Morgan fingerprint density at radius 3 is 2.70 bits per heavy atom. The molecule has 0 heterocycles. The summed E-state index contributed by atoms with van der Waals surface area (Å²) in [5, 5.41) is 11.2. The first kappa shape index (κ1) is 14.8. The van der Waals surface area contributed by atoms with Gasteiger partial charge in [-0.2, -0.15) is 0 Å². The lowest BCUT2D eigenvalue weighted by molar-refractivity contribution is -0.384. The highest BCUT2D eigenvalue weighted by atomic mass is 16.6. The van der Waals surface area contributed by atoms with E-state index in [1.165, 1.54) is 12.8 Å². The zero-order chi connectivity index (χ0) is 14.5. The fourth-order valence-corrected chi connectivity index (χ4v) is 3.32. The van der Waals surface area contributed by atoms with Crippen molar-refractivity contribution in [1.29, 1.82) is 0 Å². The van der Waals surface area contributed by atoms with Gasteiger partial charge in [-0.15, -0.1) is 0 Å². The van der Waals surface area contributed by atoms with Gasteiger partial charge in [-0.25, -0.2) is 0 Å². The molecule has 2 unspecified atom stereocenters. The number of anilines is 1. The zero-order valence-electron chi connectivity index (χ0n) is 12.0. The van der Waals surface area contributed by atoms with Crippen molar-refractivity contribution in [2.24, 2.45) is 11.7 Å². The Labute approximate surface area is 119 Å². The minimum Gasteiger partial charge on any atom is -0.363 e. The number of nitrogens with two attached hydrogens (primary N) is 1. The van der Waals surface area contributed by atoms with Crippen LogP contribution in [0.25, 0.3) is 0 Å². The van der Waals surface area contributed by atoms with Gasteiger partial charge >= 0.3 is 0 Å². The van der Waals surface area contributed by atoms with Crippen LogP contribution in [0, 0.1) is 16.0 Å². The van der Waals surface area contributed by atoms with Gasteiger partial charge in [0.2, 0.25) is 0 Å². The molecule has 1 saturated carbocycles. The van der Waals surface area contributed by atoms with Crippen molar-refractivity contribution in [2.75, 3.05) is 18.0 Å². The molecule has 110 valence electrons. The number of nitro benzene ring substituents is 1. The average Bonchev–Trinajstić information content (AvgIpc) is 2.49. The molecule has 5 heteroatoms. The molecule has 1 aromatic rings. The van der Waals surface area contributed by atoms with Crippen LogP contribution in [0.5, 0.6) is 0 Å². The van der Waals surface area contributed by atoms with Gasteiger partial charge < -0.3 is 10.6 Å². The summed E-state index contributed by atoms with van der Waals surface area (Å²) in [6.45, 7) is 3.48. The van der Waals surface area contributed by atoms with Crippen molar-refractivity contribution >= 4 is 11.4 Å². The SMILES string of the molecule is CCN(c1ccccc1[N+](=O)[O-])C1CCCCC1CN. The lowest BCUT2D eigenvalue weighted by atomic mass is 9.83. The third-order valence-corrected chi connectivity index (χ3v) is 4.30. The Morgan fingerprint density at radius 2 is 2.05 bits per heavy atom. The Kier molecular flexibility index (Phi) is 4.95. The molecule has 5 nitrogen and oxygen atoms in total. The number of hydrogen-bond donors (Lipinski definition) is 1. The van der Waals surface area contributed by atoms with Crippen molar-refractivity contribution < 1.29 is 4.92 Å². The summed E-state index contributed by atoms with van der Waals surface area (Å²) >= 11 is 0. The van der Waals surface area contributed by atoms with Crippen molar-refractivity contribution in [3.63, 3.8) is 0 Å². The number of nitro groups is 1. The molecule has 1 aromatic carbocycles. The van der Waals surface area contributed by atoms with Crippen molar-refractivity contribution in [1.82, 2.24) is 0 Å². The summed E-state index contributed by atoms with van der Waals surface area (Å²) in [5.41, 5.74) is 6.82. The van der Waals surface area contributed by atoms with E-state index in [0.717, 1.165) is 25.1 Å². The van der Waals surface area contributed by atoms with E-state index in [0.29, 0.717) is 18.5 Å². The van der Waals surface area contributed by atoms with E-state index in [2.05, 4.69) is 11.8 Å². The number of benzene rings is 1. The molecule has 0 aromatic heterocycles. The molecular weight excluding hydrogens is 254 g/mol. The highest BCUT2D eigenvalue weighted by molar-refractivity contribution is 5.63. The number of para-hydroxylation sites is 2. The molecule has 1 aliphatic rings. The lowest BCUT2D eigenvalue weighted by Gasteiger charge is -2.40. The second-order valence-corrected chi connectivity index (χ2v) is 5.38. The first-order chi connectivity index (χ1) is 9.69. The normalized spacial score (nSPS) is 22.5. The summed E-state index contributed by atoms with van der Waals surface area (Å²) < 4.78 is 0. The van der Waals surface area contributed by atoms with Crippen LogP contribution in [0.2, 0.25) is 0 Å². The van der Waals surface area contributed by atoms with Crippen LogP contribution in [-0.2, 0) is 0 Å². The molecule has 0 saturated heterocycles. The molecule has 0 amide bonds. The molecule has 0 radical (unpaired) electrons. The lowest BCUT2D eigenvalue weighted by Crippen LogP contribution is -2.45. The maximum absolute atomic E-state index is 11.2. The fourth-order valence-electron chi connectivity index (χ4n) is 3.32. The molecule has 2 rings (SSSR count). The summed E-state index contributed by atoms with van der Waals surface area (Å²) in [5.74, 6) is 0.434. The van der Waals surface area contributed by atoms with E-state index in [1.807, 2.05) is 12.1 Å². The number of hydrogen-bond acceptors (Lipinski definition) is 4. The monoisotopic (exact) mass is 277 g/mol. The Bertz CT molecular complexity index is 464. The second kappa shape index (κ2) is 6.70. The van der Waals surface area contributed by atoms with Crippen LogP contribution >= 0.6 is 0 Å². The molecule has 2 atom stereocenters. The Morgan fingerprint density at radius 1 is 1.35 bits per heavy atom. The van der Waals surface area contributed by atoms with Gasteiger partial charge in [0.05, 0.1) is 4.92 Å². The van der Waals surface area contributed by atoms with Gasteiger partial charge in [-0.1, -0.05) is 25.0 Å². The summed E-state index contributed by atoms with van der Waals surface area (Å²) in [6.07, 6.45) is 4.59.